The van der Waals surface area contributed by atoms with Crippen LogP contribution in [0.5, 0.6) is 0 Å². The van der Waals surface area contributed by atoms with Crippen molar-refractivity contribution in [2.45, 2.75) is 6.54 Å². The third kappa shape index (κ3) is 8.16. The molecule has 4 rings (SSSR count). The second-order valence-corrected chi connectivity index (χ2v) is 8.70. The summed E-state index contributed by atoms with van der Waals surface area (Å²) in [6, 6.07) is 20.3. The Hall–Kier alpha value is -4.21. The molecule has 0 unspecified atom stereocenters. The van der Waals surface area contributed by atoms with Crippen molar-refractivity contribution < 1.29 is 19.8 Å². The summed E-state index contributed by atoms with van der Waals surface area (Å²) in [4.78, 5) is 25.8. The van der Waals surface area contributed by atoms with E-state index in [0.717, 1.165) is 51.7 Å². The number of carboxylic acids is 2. The summed E-state index contributed by atoms with van der Waals surface area (Å²) >= 11 is 6.36. The number of aromatic nitrogens is 3. The highest BCUT2D eigenvalue weighted by Crippen LogP contribution is 2.29. The summed E-state index contributed by atoms with van der Waals surface area (Å²) in [7, 11) is 4.14. The van der Waals surface area contributed by atoms with Gasteiger partial charge in [0, 0.05) is 53.1 Å². The van der Waals surface area contributed by atoms with Crippen LogP contribution >= 0.6 is 11.6 Å². The molecular weight excluding hydrogens is 494 g/mol. The average Bonchev–Trinajstić information content (AvgIpc) is 3.23. The van der Waals surface area contributed by atoms with Crippen molar-refractivity contribution in [3.05, 3.63) is 89.6 Å². The van der Waals surface area contributed by atoms with E-state index < -0.39 is 11.9 Å². The van der Waals surface area contributed by atoms with E-state index in [1.807, 2.05) is 35.0 Å². The molecule has 0 amide bonds. The molecule has 0 atom stereocenters. The molecular formula is C27H28ClN5O4. The predicted octanol–water partition coefficient (Wildman–Crippen LogP) is 4.49. The van der Waals surface area contributed by atoms with Crippen LogP contribution in [0.2, 0.25) is 5.02 Å². The fourth-order valence-electron chi connectivity index (χ4n) is 3.43. The van der Waals surface area contributed by atoms with Crippen molar-refractivity contribution in [2.24, 2.45) is 0 Å². The number of nitrogens with one attached hydrogen (secondary N) is 1. The van der Waals surface area contributed by atoms with Crippen molar-refractivity contribution in [3.8, 4) is 11.3 Å². The zero-order chi connectivity index (χ0) is 26.8. The molecule has 0 fully saturated rings. The Labute approximate surface area is 219 Å². The Balaban J connectivity index is 0.000000414. The van der Waals surface area contributed by atoms with E-state index in [0.29, 0.717) is 18.7 Å². The van der Waals surface area contributed by atoms with Crippen LogP contribution in [0.3, 0.4) is 0 Å². The number of aliphatic carboxylic acids is 2. The van der Waals surface area contributed by atoms with Gasteiger partial charge in [0.1, 0.15) is 5.69 Å². The first-order valence-electron chi connectivity index (χ1n) is 11.4. The largest absolute Gasteiger partial charge is 0.478 e. The second kappa shape index (κ2) is 13.2. The molecule has 0 aliphatic carbocycles. The van der Waals surface area contributed by atoms with Gasteiger partial charge < -0.3 is 20.4 Å². The van der Waals surface area contributed by atoms with Crippen molar-refractivity contribution >= 4 is 40.3 Å². The first-order valence-corrected chi connectivity index (χ1v) is 11.8. The molecule has 0 radical (unpaired) electrons. The van der Waals surface area contributed by atoms with E-state index in [1.54, 1.807) is 6.20 Å². The first kappa shape index (κ1) is 27.4. The SMILES string of the molecule is CN(C)CCNc1ccc(-c2nn(Cc3ccccc3Cl)c3ncccc23)cc1.O=C(O)C=CC(=O)O. The van der Waals surface area contributed by atoms with Gasteiger partial charge in [-0.1, -0.05) is 41.9 Å². The van der Waals surface area contributed by atoms with E-state index in [2.05, 4.69) is 59.6 Å². The minimum absolute atomic E-state index is 0.558. The molecule has 4 aromatic rings. The lowest BCUT2D eigenvalue weighted by atomic mass is 10.1. The smallest absolute Gasteiger partial charge is 0.328 e. The topological polar surface area (TPSA) is 121 Å². The highest BCUT2D eigenvalue weighted by Gasteiger charge is 2.14. The van der Waals surface area contributed by atoms with Crippen LogP contribution in [0, 0.1) is 0 Å². The van der Waals surface area contributed by atoms with Gasteiger partial charge in [0.05, 0.1) is 6.54 Å². The maximum atomic E-state index is 9.55. The van der Waals surface area contributed by atoms with Gasteiger partial charge in [-0.15, -0.1) is 0 Å². The van der Waals surface area contributed by atoms with E-state index >= 15 is 0 Å². The Bertz CT molecular complexity index is 1370. The number of hydrogen-bond acceptors (Lipinski definition) is 6. The summed E-state index contributed by atoms with van der Waals surface area (Å²) in [5.41, 5.74) is 4.99. The van der Waals surface area contributed by atoms with Crippen LogP contribution < -0.4 is 5.32 Å². The van der Waals surface area contributed by atoms with Crippen LogP contribution in [0.25, 0.3) is 22.3 Å². The number of hydrogen-bond donors (Lipinski definition) is 3. The van der Waals surface area contributed by atoms with Gasteiger partial charge in [-0.25, -0.2) is 19.3 Å². The lowest BCUT2D eigenvalue weighted by Crippen LogP contribution is -2.20. The van der Waals surface area contributed by atoms with Crippen LogP contribution in [0.4, 0.5) is 5.69 Å². The maximum Gasteiger partial charge on any atom is 0.328 e. The minimum atomic E-state index is -1.26. The Morgan fingerprint density at radius 3 is 2.30 bits per heavy atom. The second-order valence-electron chi connectivity index (χ2n) is 8.29. The zero-order valence-corrected chi connectivity index (χ0v) is 21.3. The molecule has 0 spiro atoms. The number of benzene rings is 2. The fraction of sp³-hybridized carbons (Fsp3) is 0.185. The Morgan fingerprint density at radius 2 is 1.68 bits per heavy atom. The number of likely N-dealkylation sites (N-methyl/N-ethyl adjacent to an activating group) is 1. The van der Waals surface area contributed by atoms with E-state index in [-0.39, 0.29) is 0 Å². The number of anilines is 1. The molecule has 2 aromatic carbocycles. The summed E-state index contributed by atoms with van der Waals surface area (Å²) in [5, 5.41) is 25.7. The summed E-state index contributed by atoms with van der Waals surface area (Å²) in [6.07, 6.45) is 2.92. The molecule has 0 aliphatic rings. The van der Waals surface area contributed by atoms with Crippen LogP contribution in [-0.2, 0) is 16.1 Å². The molecule has 3 N–H and O–H groups in total. The summed E-state index contributed by atoms with van der Waals surface area (Å²) in [6.45, 7) is 2.48. The van der Waals surface area contributed by atoms with E-state index in [9.17, 15) is 9.59 Å². The molecule has 37 heavy (non-hydrogen) atoms. The molecule has 0 saturated heterocycles. The third-order valence-corrected chi connectivity index (χ3v) is 5.57. The molecule has 0 bridgehead atoms. The molecule has 10 heteroatoms. The number of pyridine rings is 1. The number of carboxylic acid groups (broad SMARTS) is 2. The van der Waals surface area contributed by atoms with E-state index in [1.165, 1.54) is 0 Å². The molecule has 0 aliphatic heterocycles. The molecule has 2 aromatic heterocycles. The van der Waals surface area contributed by atoms with Gasteiger partial charge in [-0.2, -0.15) is 5.10 Å². The van der Waals surface area contributed by atoms with Crippen molar-refractivity contribution in [2.75, 3.05) is 32.5 Å². The monoisotopic (exact) mass is 521 g/mol. The van der Waals surface area contributed by atoms with Gasteiger partial charge in [-0.3, -0.25) is 0 Å². The maximum absolute atomic E-state index is 9.55. The lowest BCUT2D eigenvalue weighted by Gasteiger charge is -2.11. The van der Waals surface area contributed by atoms with Gasteiger partial charge in [0.15, 0.2) is 5.65 Å². The molecule has 9 nitrogen and oxygen atoms in total. The minimum Gasteiger partial charge on any atom is -0.478 e. The van der Waals surface area contributed by atoms with Crippen molar-refractivity contribution in [1.29, 1.82) is 0 Å². The average molecular weight is 522 g/mol. The van der Waals surface area contributed by atoms with Crippen LogP contribution in [0.1, 0.15) is 5.56 Å². The fourth-order valence-corrected chi connectivity index (χ4v) is 3.63. The number of carbonyl (C=O) groups is 2. The zero-order valence-electron chi connectivity index (χ0n) is 20.5. The summed E-state index contributed by atoms with van der Waals surface area (Å²) in [5.74, 6) is -2.51. The first-order chi connectivity index (χ1) is 17.7. The molecule has 2 heterocycles. The number of nitrogens with zero attached hydrogens (tertiary/aromatic N) is 4. The highest BCUT2D eigenvalue weighted by atomic mass is 35.5. The quantitative estimate of drug-likeness (QED) is 0.276. The van der Waals surface area contributed by atoms with Crippen molar-refractivity contribution in [1.82, 2.24) is 19.7 Å². The van der Waals surface area contributed by atoms with Crippen molar-refractivity contribution in [3.63, 3.8) is 0 Å². The molecule has 192 valence electrons. The normalized spacial score (nSPS) is 10.9. The van der Waals surface area contributed by atoms with Gasteiger partial charge in [0.25, 0.3) is 0 Å². The van der Waals surface area contributed by atoms with Gasteiger partial charge in [0.2, 0.25) is 0 Å². The highest BCUT2D eigenvalue weighted by molar-refractivity contribution is 6.31. The van der Waals surface area contributed by atoms with Gasteiger partial charge >= 0.3 is 11.9 Å². The molecule has 0 saturated carbocycles. The number of rotatable bonds is 9. The Morgan fingerprint density at radius 1 is 1.00 bits per heavy atom. The third-order valence-electron chi connectivity index (χ3n) is 5.20. The standard InChI is InChI=1S/C23H24ClN5.C4H4O4/c1-28(2)15-14-25-19-11-9-17(10-12-19)22-20-7-5-13-26-23(20)29(27-22)16-18-6-3-4-8-21(18)24;5-3(6)1-2-4(7)8/h3-13,25H,14-16H2,1-2H3;1-2H,(H,5,6)(H,7,8). The van der Waals surface area contributed by atoms with E-state index in [4.69, 9.17) is 26.9 Å². The number of fused-ring (bicyclic) bond motifs is 1. The van der Waals surface area contributed by atoms with Crippen LogP contribution in [-0.4, -0.2) is 69.0 Å². The Kier molecular flexibility index (Phi) is 9.76. The predicted molar refractivity (Wildman–Crippen MR) is 145 cm³/mol. The van der Waals surface area contributed by atoms with Crippen LogP contribution in [0.15, 0.2) is 79.0 Å². The summed E-state index contributed by atoms with van der Waals surface area (Å²) < 4.78 is 1.93. The van der Waals surface area contributed by atoms with Gasteiger partial charge in [-0.05, 0) is 50.0 Å². The lowest BCUT2D eigenvalue weighted by molar-refractivity contribution is -0.134. The number of halogens is 1.